The van der Waals surface area contributed by atoms with Crippen LogP contribution in [0.4, 0.5) is 0 Å². The van der Waals surface area contributed by atoms with Crippen molar-refractivity contribution in [2.75, 3.05) is 6.61 Å². The second kappa shape index (κ2) is 12.8. The van der Waals surface area contributed by atoms with Crippen molar-refractivity contribution in [2.24, 2.45) is 17.3 Å². The first-order chi connectivity index (χ1) is 22.5. The van der Waals surface area contributed by atoms with Gasteiger partial charge in [0.05, 0.1) is 40.3 Å². The van der Waals surface area contributed by atoms with E-state index in [9.17, 15) is 34.5 Å². The molecule has 1 unspecified atom stereocenters. The Hall–Kier alpha value is -3.91. The van der Waals surface area contributed by atoms with Crippen LogP contribution in [0.3, 0.4) is 0 Å². The first-order valence-electron chi connectivity index (χ1n) is 16.0. The molecule has 2 bridgehead atoms. The van der Waals surface area contributed by atoms with Crippen LogP contribution in [0.15, 0.2) is 54.9 Å². The Balaban J connectivity index is 1.75. The number of fused-ring (bicyclic) bond motifs is 1. The topological polar surface area (TPSA) is 188 Å². The van der Waals surface area contributed by atoms with Gasteiger partial charge in [0, 0.05) is 25.7 Å². The van der Waals surface area contributed by atoms with E-state index >= 15 is 0 Å². The van der Waals surface area contributed by atoms with Crippen LogP contribution in [0, 0.1) is 17.3 Å². The molecule has 2 saturated carbocycles. The predicted octanol–water partition coefficient (Wildman–Crippen LogP) is 2.39. The van der Waals surface area contributed by atoms with Gasteiger partial charge in [0.15, 0.2) is 6.10 Å². The molecule has 3 aliphatic rings. The van der Waals surface area contributed by atoms with Gasteiger partial charge in [0.2, 0.25) is 0 Å². The number of carbonyl (C=O) groups is 4. The van der Waals surface area contributed by atoms with Gasteiger partial charge in [-0.05, 0) is 51.5 Å². The second-order valence-corrected chi connectivity index (χ2v) is 13.7. The summed E-state index contributed by atoms with van der Waals surface area (Å²) in [5.41, 5.74) is -7.87. The number of esters is 4. The third-order valence-corrected chi connectivity index (χ3v) is 10.3. The van der Waals surface area contributed by atoms with Crippen molar-refractivity contribution in [3.8, 4) is 0 Å². The van der Waals surface area contributed by atoms with Gasteiger partial charge in [-0.3, -0.25) is 14.6 Å². The monoisotopic (exact) mass is 669 g/mol. The molecule has 0 radical (unpaired) electrons. The highest BCUT2D eigenvalue weighted by atomic mass is 16.6. The van der Waals surface area contributed by atoms with Gasteiger partial charge in [-0.25, -0.2) is 9.59 Å². The van der Waals surface area contributed by atoms with E-state index in [1.165, 1.54) is 43.6 Å². The summed E-state index contributed by atoms with van der Waals surface area (Å²) in [6, 6.07) is 10.9. The number of pyridine rings is 1. The maximum absolute atomic E-state index is 13.8. The van der Waals surface area contributed by atoms with Gasteiger partial charge in [0.1, 0.15) is 35.9 Å². The molecule has 10 atom stereocenters. The smallest absolute Gasteiger partial charge is 0.340 e. The molecule has 13 heteroatoms. The molecular formula is C35H43NO12. The van der Waals surface area contributed by atoms with Crippen LogP contribution >= 0.6 is 0 Å². The summed E-state index contributed by atoms with van der Waals surface area (Å²) < 4.78 is 30.3. The summed E-state index contributed by atoms with van der Waals surface area (Å²) >= 11 is 0. The average molecular weight is 670 g/mol. The zero-order chi connectivity index (χ0) is 35.2. The highest BCUT2D eigenvalue weighted by molar-refractivity contribution is 5.90. The third kappa shape index (κ3) is 5.56. The molecule has 1 aromatic heterocycles. The molecule has 260 valence electrons. The summed E-state index contributed by atoms with van der Waals surface area (Å²) in [6.45, 7) is 8.32. The number of aliphatic hydroxyl groups is 3. The molecule has 1 aliphatic heterocycles. The van der Waals surface area contributed by atoms with Crippen LogP contribution in [0.25, 0.3) is 0 Å². The predicted molar refractivity (Wildman–Crippen MR) is 166 cm³/mol. The van der Waals surface area contributed by atoms with Crippen LogP contribution in [0.5, 0.6) is 0 Å². The molecule has 2 aromatic rings. The molecular weight excluding hydrogens is 626 g/mol. The number of rotatable bonds is 9. The minimum Gasteiger partial charge on any atom is -0.464 e. The van der Waals surface area contributed by atoms with E-state index < -0.39 is 101 Å². The van der Waals surface area contributed by atoms with E-state index in [0.717, 1.165) is 6.92 Å². The minimum absolute atomic E-state index is 0.0497. The van der Waals surface area contributed by atoms with Crippen LogP contribution in [0.1, 0.15) is 75.1 Å². The van der Waals surface area contributed by atoms with Gasteiger partial charge in [0.25, 0.3) is 0 Å². The molecule has 48 heavy (non-hydrogen) atoms. The first kappa shape index (κ1) is 35.4. The molecule has 1 saturated heterocycles. The number of aromatic nitrogens is 1. The highest BCUT2D eigenvalue weighted by Gasteiger charge is 2.87. The van der Waals surface area contributed by atoms with Crippen molar-refractivity contribution in [1.82, 2.24) is 4.98 Å². The number of hydrogen-bond acceptors (Lipinski definition) is 13. The molecule has 2 heterocycles. The fraction of sp³-hybridized carbons (Fsp3) is 0.571. The van der Waals surface area contributed by atoms with Crippen LogP contribution in [-0.4, -0.2) is 98.1 Å². The summed E-state index contributed by atoms with van der Waals surface area (Å²) in [5.74, 6) is -4.98. The third-order valence-electron chi connectivity index (χ3n) is 10.3. The van der Waals surface area contributed by atoms with E-state index in [2.05, 4.69) is 4.98 Å². The lowest BCUT2D eigenvalue weighted by Crippen LogP contribution is -2.85. The number of benzene rings is 1. The molecule has 0 amide bonds. The Bertz CT molecular complexity index is 1530. The van der Waals surface area contributed by atoms with Crippen molar-refractivity contribution < 1.29 is 58.2 Å². The quantitative estimate of drug-likeness (QED) is 0.261. The van der Waals surface area contributed by atoms with Gasteiger partial charge >= 0.3 is 23.9 Å². The first-order valence-corrected chi connectivity index (χ1v) is 16.0. The maximum Gasteiger partial charge on any atom is 0.340 e. The average Bonchev–Trinajstić information content (AvgIpc) is 3.23. The summed E-state index contributed by atoms with van der Waals surface area (Å²) in [6.07, 6.45) is -5.66. The van der Waals surface area contributed by atoms with Crippen LogP contribution in [-0.2, 0) is 33.3 Å². The largest absolute Gasteiger partial charge is 0.464 e. The van der Waals surface area contributed by atoms with Gasteiger partial charge in [-0.1, -0.05) is 32.0 Å². The molecule has 2 aliphatic carbocycles. The molecule has 1 spiro atoms. The number of ether oxygens (including phenoxy) is 5. The fourth-order valence-electron chi connectivity index (χ4n) is 7.95. The number of hydrogen-bond donors (Lipinski definition) is 3. The van der Waals surface area contributed by atoms with E-state index in [-0.39, 0.29) is 11.1 Å². The zero-order valence-corrected chi connectivity index (χ0v) is 27.8. The number of aliphatic hydroxyl groups excluding tert-OH is 2. The standard InChI is InChI=1S/C35H43NO12/c1-7-19(2)29(40)44-18-34-26(38)23(46-31(42)22-14-11-15-36-17-22)16-33(6,43)35(34)27(39)24(32(4,5)48-35)25(45-20(3)37)28(34)47-30(41)21-12-9-8-10-13-21/h8-15,17,19,23-28,38-39,43H,7,16,18H2,1-6H3/t19?,23-,24+,25-,26-,27+,28+,33-,34-,35-/m0/s1. The highest BCUT2D eigenvalue weighted by Crippen LogP contribution is 2.68. The van der Waals surface area contributed by atoms with E-state index in [1.54, 1.807) is 45.9 Å². The zero-order valence-electron chi connectivity index (χ0n) is 27.8. The fourth-order valence-corrected chi connectivity index (χ4v) is 7.95. The Morgan fingerprint density at radius 1 is 0.958 bits per heavy atom. The van der Waals surface area contributed by atoms with E-state index in [0.29, 0.717) is 6.42 Å². The van der Waals surface area contributed by atoms with E-state index in [1.807, 2.05) is 0 Å². The number of nitrogens with zero attached hydrogens (tertiary/aromatic N) is 1. The van der Waals surface area contributed by atoms with E-state index in [4.69, 9.17) is 23.7 Å². The summed E-state index contributed by atoms with van der Waals surface area (Å²) in [4.78, 5) is 57.0. The Kier molecular flexibility index (Phi) is 9.47. The maximum atomic E-state index is 13.8. The van der Waals surface area contributed by atoms with Gasteiger partial charge in [-0.15, -0.1) is 0 Å². The van der Waals surface area contributed by atoms with Crippen molar-refractivity contribution in [3.05, 3.63) is 66.0 Å². The number of carbonyl (C=O) groups excluding carboxylic acids is 4. The molecule has 1 aromatic carbocycles. The normalized spacial score (nSPS) is 35.4. The minimum atomic E-state index is -2.29. The molecule has 13 nitrogen and oxygen atoms in total. The van der Waals surface area contributed by atoms with Crippen LogP contribution < -0.4 is 0 Å². The molecule has 3 fully saturated rings. The Labute approximate surface area is 278 Å². The van der Waals surface area contributed by atoms with Crippen molar-refractivity contribution in [2.45, 2.75) is 102 Å². The second-order valence-electron chi connectivity index (χ2n) is 13.7. The SMILES string of the molecule is CCC(C)C(=O)OC[C@]12[C@H](OC(=O)c3ccccc3)[C@@H](OC(C)=O)[C@@H]3[C@@H](O)[C@]1(OC3(C)C)[C@@](C)(O)C[C@H](OC(=O)c1cccnc1)[C@@H]2O. The van der Waals surface area contributed by atoms with Gasteiger partial charge < -0.3 is 39.0 Å². The summed E-state index contributed by atoms with van der Waals surface area (Å²) in [7, 11) is 0. The van der Waals surface area contributed by atoms with Gasteiger partial charge in [-0.2, -0.15) is 0 Å². The molecule has 3 N–H and O–H groups in total. The lowest BCUT2D eigenvalue weighted by Gasteiger charge is -2.65. The van der Waals surface area contributed by atoms with Crippen molar-refractivity contribution >= 4 is 23.9 Å². The summed E-state index contributed by atoms with van der Waals surface area (Å²) in [5, 5.41) is 37.3. The van der Waals surface area contributed by atoms with Crippen LogP contribution in [0.2, 0.25) is 0 Å². The Morgan fingerprint density at radius 3 is 2.21 bits per heavy atom. The van der Waals surface area contributed by atoms with Crippen molar-refractivity contribution in [3.63, 3.8) is 0 Å². The Morgan fingerprint density at radius 2 is 1.60 bits per heavy atom. The lowest BCUT2D eigenvalue weighted by molar-refractivity contribution is -0.361. The van der Waals surface area contributed by atoms with Crippen molar-refractivity contribution in [1.29, 1.82) is 0 Å². The molecule has 5 rings (SSSR count). The lowest BCUT2D eigenvalue weighted by atomic mass is 9.46.